The minimum atomic E-state index is 0.666. The summed E-state index contributed by atoms with van der Waals surface area (Å²) in [5.74, 6) is 0.666. The zero-order valence-electron chi connectivity index (χ0n) is 10.6. The van der Waals surface area contributed by atoms with Gasteiger partial charge in [0.05, 0.1) is 0 Å². The van der Waals surface area contributed by atoms with Gasteiger partial charge < -0.3 is 0 Å². The molecule has 1 aliphatic heterocycles. The fourth-order valence-electron chi connectivity index (χ4n) is 1.91. The first kappa shape index (κ1) is 13.2. The van der Waals surface area contributed by atoms with Crippen molar-refractivity contribution in [1.29, 1.82) is 0 Å². The van der Waals surface area contributed by atoms with Crippen LogP contribution in [0.25, 0.3) is 0 Å². The number of unbranched alkanes of at least 4 members (excludes halogenated alkanes) is 1. The molecule has 0 N–H and O–H groups in total. The van der Waals surface area contributed by atoms with Gasteiger partial charge in [-0.25, -0.2) is 0 Å². The van der Waals surface area contributed by atoms with Gasteiger partial charge in [-0.3, -0.25) is 4.99 Å². The van der Waals surface area contributed by atoms with Crippen LogP contribution < -0.4 is 0 Å². The van der Waals surface area contributed by atoms with Crippen LogP contribution in [-0.2, 0) is 0 Å². The third-order valence-electron chi connectivity index (χ3n) is 2.94. The predicted octanol–water partition coefficient (Wildman–Crippen LogP) is 4.55. The predicted molar refractivity (Wildman–Crippen MR) is 73.1 cm³/mol. The van der Waals surface area contributed by atoms with Crippen LogP contribution in [0.15, 0.2) is 29.3 Å². The van der Waals surface area contributed by atoms with Gasteiger partial charge in [0.25, 0.3) is 0 Å². The van der Waals surface area contributed by atoms with Crippen LogP contribution in [0, 0.1) is 5.92 Å². The van der Waals surface area contributed by atoms with Crippen molar-refractivity contribution >= 4 is 6.21 Å². The van der Waals surface area contributed by atoms with E-state index in [2.05, 4.69) is 42.4 Å². The quantitative estimate of drug-likeness (QED) is 0.617. The van der Waals surface area contributed by atoms with Crippen LogP contribution in [0.3, 0.4) is 0 Å². The second-order valence-electron chi connectivity index (χ2n) is 4.50. The van der Waals surface area contributed by atoms with Crippen LogP contribution in [0.1, 0.15) is 51.9 Å². The van der Waals surface area contributed by atoms with Crippen LogP contribution >= 0.6 is 0 Å². The molecule has 1 unspecified atom stereocenters. The SMILES string of the molecule is CCCCC1C=NCCC=CCCC=CC1. The Balaban J connectivity index is 2.43. The molecule has 0 radical (unpaired) electrons. The van der Waals surface area contributed by atoms with Crippen molar-refractivity contribution in [2.24, 2.45) is 10.9 Å². The van der Waals surface area contributed by atoms with Gasteiger partial charge in [0, 0.05) is 12.8 Å². The Hall–Kier alpha value is -0.850. The van der Waals surface area contributed by atoms with E-state index in [-0.39, 0.29) is 0 Å². The lowest BCUT2D eigenvalue weighted by Gasteiger charge is -2.08. The highest BCUT2D eigenvalue weighted by molar-refractivity contribution is 5.60. The van der Waals surface area contributed by atoms with Gasteiger partial charge in [-0.1, -0.05) is 44.1 Å². The molecule has 90 valence electrons. The average Bonchev–Trinajstić information content (AvgIpc) is 2.28. The first-order valence-electron chi connectivity index (χ1n) is 6.73. The summed E-state index contributed by atoms with van der Waals surface area (Å²) in [6, 6.07) is 0. The number of hydrogen-bond acceptors (Lipinski definition) is 1. The molecular formula is C15H25N. The molecule has 0 amide bonds. The fourth-order valence-corrected chi connectivity index (χ4v) is 1.91. The second-order valence-corrected chi connectivity index (χ2v) is 4.50. The lowest BCUT2D eigenvalue weighted by atomic mass is 9.99. The lowest BCUT2D eigenvalue weighted by molar-refractivity contribution is 0.595. The summed E-state index contributed by atoms with van der Waals surface area (Å²) < 4.78 is 0. The van der Waals surface area contributed by atoms with Crippen molar-refractivity contribution in [2.45, 2.75) is 51.9 Å². The minimum absolute atomic E-state index is 0.666. The average molecular weight is 219 g/mol. The summed E-state index contributed by atoms with van der Waals surface area (Å²) in [7, 11) is 0. The van der Waals surface area contributed by atoms with E-state index in [4.69, 9.17) is 0 Å². The third-order valence-corrected chi connectivity index (χ3v) is 2.94. The maximum atomic E-state index is 4.53. The summed E-state index contributed by atoms with van der Waals surface area (Å²) in [4.78, 5) is 4.53. The number of rotatable bonds is 3. The van der Waals surface area contributed by atoms with Crippen molar-refractivity contribution in [1.82, 2.24) is 0 Å². The molecule has 1 heteroatoms. The number of allylic oxidation sites excluding steroid dienone is 3. The number of aliphatic imine (C=N–C) groups is 1. The lowest BCUT2D eigenvalue weighted by Crippen LogP contribution is -2.01. The summed E-state index contributed by atoms with van der Waals surface area (Å²) in [6.45, 7) is 3.22. The smallest absolute Gasteiger partial charge is 0.0420 e. The van der Waals surface area contributed by atoms with Crippen LogP contribution in [-0.4, -0.2) is 12.8 Å². The van der Waals surface area contributed by atoms with Crippen molar-refractivity contribution in [3.63, 3.8) is 0 Å². The van der Waals surface area contributed by atoms with Crippen molar-refractivity contribution in [3.05, 3.63) is 24.3 Å². The Labute approximate surface area is 100 Å². The normalized spacial score (nSPS) is 22.7. The zero-order chi connectivity index (χ0) is 11.5. The monoisotopic (exact) mass is 219 g/mol. The van der Waals surface area contributed by atoms with Gasteiger partial charge in [-0.05, 0) is 38.0 Å². The number of hydrogen-bond donors (Lipinski definition) is 0. The Kier molecular flexibility index (Phi) is 7.75. The van der Waals surface area contributed by atoms with Gasteiger partial charge in [0.1, 0.15) is 0 Å². The van der Waals surface area contributed by atoms with Gasteiger partial charge in [-0.2, -0.15) is 0 Å². The molecule has 16 heavy (non-hydrogen) atoms. The molecule has 0 saturated heterocycles. The molecule has 1 aliphatic rings. The molecule has 1 heterocycles. The molecule has 0 spiro atoms. The van der Waals surface area contributed by atoms with E-state index in [9.17, 15) is 0 Å². The van der Waals surface area contributed by atoms with Crippen molar-refractivity contribution in [2.75, 3.05) is 6.54 Å². The molecule has 1 atom stereocenters. The third kappa shape index (κ3) is 6.60. The molecule has 0 aliphatic carbocycles. The summed E-state index contributed by atoms with van der Waals surface area (Å²) in [6.07, 6.45) is 19.9. The summed E-state index contributed by atoms with van der Waals surface area (Å²) >= 11 is 0. The highest BCUT2D eigenvalue weighted by Crippen LogP contribution is 2.12. The minimum Gasteiger partial charge on any atom is -0.297 e. The molecule has 1 nitrogen and oxygen atoms in total. The molecule has 0 aromatic carbocycles. The molecular weight excluding hydrogens is 194 g/mol. The van der Waals surface area contributed by atoms with E-state index in [0.717, 1.165) is 13.0 Å². The second kappa shape index (κ2) is 9.38. The number of nitrogens with zero attached hydrogens (tertiary/aromatic N) is 1. The largest absolute Gasteiger partial charge is 0.297 e. The van der Waals surface area contributed by atoms with E-state index >= 15 is 0 Å². The van der Waals surface area contributed by atoms with Crippen LogP contribution in [0.2, 0.25) is 0 Å². The van der Waals surface area contributed by atoms with E-state index in [1.165, 1.54) is 38.5 Å². The maximum absolute atomic E-state index is 4.53. The summed E-state index contributed by atoms with van der Waals surface area (Å²) in [5, 5.41) is 0. The van der Waals surface area contributed by atoms with Gasteiger partial charge in [0.15, 0.2) is 0 Å². The van der Waals surface area contributed by atoms with Crippen LogP contribution in [0.4, 0.5) is 0 Å². The highest BCUT2D eigenvalue weighted by Gasteiger charge is 2.02. The van der Waals surface area contributed by atoms with E-state index in [1.54, 1.807) is 0 Å². The van der Waals surface area contributed by atoms with Crippen LogP contribution in [0.5, 0.6) is 0 Å². The standard InChI is InChI=1S/C15H25N/c1-2-3-11-15-12-9-7-5-4-6-8-10-13-16-14-15/h6-9,14-15H,2-5,10-13H2,1H3. The van der Waals surface area contributed by atoms with Gasteiger partial charge in [-0.15, -0.1) is 0 Å². The highest BCUT2D eigenvalue weighted by atomic mass is 14.7. The Morgan fingerprint density at radius 3 is 2.62 bits per heavy atom. The van der Waals surface area contributed by atoms with Gasteiger partial charge in [0.2, 0.25) is 0 Å². The Morgan fingerprint density at radius 2 is 1.81 bits per heavy atom. The molecule has 0 saturated carbocycles. The van der Waals surface area contributed by atoms with Crippen molar-refractivity contribution < 1.29 is 0 Å². The van der Waals surface area contributed by atoms with Gasteiger partial charge >= 0.3 is 0 Å². The van der Waals surface area contributed by atoms with Crippen molar-refractivity contribution in [3.8, 4) is 0 Å². The topological polar surface area (TPSA) is 12.4 Å². The van der Waals surface area contributed by atoms with E-state index in [1.807, 2.05) is 0 Å². The molecule has 0 fully saturated rings. The first-order valence-corrected chi connectivity index (χ1v) is 6.73. The Bertz CT molecular complexity index is 238. The van der Waals surface area contributed by atoms with E-state index < -0.39 is 0 Å². The van der Waals surface area contributed by atoms with E-state index in [0.29, 0.717) is 5.92 Å². The molecule has 0 bridgehead atoms. The first-order chi connectivity index (χ1) is 7.93. The molecule has 0 aromatic heterocycles. The molecule has 0 aromatic rings. The zero-order valence-corrected chi connectivity index (χ0v) is 10.6. The maximum Gasteiger partial charge on any atom is 0.0420 e. The molecule has 1 rings (SSSR count). The summed E-state index contributed by atoms with van der Waals surface area (Å²) in [5.41, 5.74) is 0. The Morgan fingerprint density at radius 1 is 1.06 bits per heavy atom. The fraction of sp³-hybridized carbons (Fsp3) is 0.667.